The predicted octanol–water partition coefficient (Wildman–Crippen LogP) is 1.20. The zero-order valence-electron chi connectivity index (χ0n) is 8.01. The first-order valence-corrected chi connectivity index (χ1v) is 4.81. The predicted molar refractivity (Wildman–Crippen MR) is 50.9 cm³/mol. The summed E-state index contributed by atoms with van der Waals surface area (Å²) in [5.41, 5.74) is 1.33. The molecule has 3 saturated heterocycles. The number of nitrogens with zero attached hydrogens (tertiary/aromatic N) is 1. The summed E-state index contributed by atoms with van der Waals surface area (Å²) < 4.78 is 0. The van der Waals surface area contributed by atoms with Crippen molar-refractivity contribution in [1.29, 1.82) is 0 Å². The van der Waals surface area contributed by atoms with Crippen LogP contribution in [0.15, 0.2) is 12.2 Å². The van der Waals surface area contributed by atoms with Gasteiger partial charge < -0.3 is 5.32 Å². The zero-order chi connectivity index (χ0) is 8.72. The number of hydrogen-bond donors (Lipinski definition) is 1. The highest BCUT2D eigenvalue weighted by Crippen LogP contribution is 2.32. The van der Waals surface area contributed by atoms with Crippen molar-refractivity contribution in [2.24, 2.45) is 5.92 Å². The fraction of sp³-hybridized carbons (Fsp3) is 0.800. The second kappa shape index (κ2) is 2.86. The molecule has 2 nitrogen and oxygen atoms in total. The number of rotatable bonds is 1. The van der Waals surface area contributed by atoms with Crippen molar-refractivity contribution in [1.82, 2.24) is 10.2 Å². The molecule has 3 rings (SSSR count). The minimum Gasteiger partial charge on any atom is -0.301 e. The van der Waals surface area contributed by atoms with Gasteiger partial charge in [0.25, 0.3) is 0 Å². The largest absolute Gasteiger partial charge is 0.301 e. The summed E-state index contributed by atoms with van der Waals surface area (Å²) in [5, 5.41) is 3.54. The van der Waals surface area contributed by atoms with Crippen molar-refractivity contribution in [2.45, 2.75) is 32.0 Å². The smallest absolute Gasteiger partial charge is 0.0599 e. The van der Waals surface area contributed by atoms with Crippen LogP contribution in [0.4, 0.5) is 0 Å². The van der Waals surface area contributed by atoms with Crippen LogP contribution in [-0.4, -0.2) is 30.7 Å². The molecule has 0 amide bonds. The normalized spacial score (nSPS) is 41.7. The molecule has 2 heteroatoms. The summed E-state index contributed by atoms with van der Waals surface area (Å²) in [4.78, 5) is 2.44. The van der Waals surface area contributed by atoms with Gasteiger partial charge in [0.1, 0.15) is 0 Å². The molecule has 0 aromatic rings. The minimum absolute atomic E-state index is 0.608. The molecule has 3 unspecified atom stereocenters. The van der Waals surface area contributed by atoms with Gasteiger partial charge in [-0.1, -0.05) is 12.2 Å². The third-order valence-electron chi connectivity index (χ3n) is 3.31. The molecule has 3 heterocycles. The van der Waals surface area contributed by atoms with Gasteiger partial charge in [-0.25, -0.2) is 0 Å². The lowest BCUT2D eigenvalue weighted by molar-refractivity contribution is 0.0176. The molecule has 0 aliphatic carbocycles. The fourth-order valence-electron chi connectivity index (χ4n) is 2.76. The summed E-state index contributed by atoms with van der Waals surface area (Å²) in [6.07, 6.45) is 3.29. The highest BCUT2D eigenvalue weighted by atomic mass is 15.3. The molecule has 3 atom stereocenters. The van der Waals surface area contributed by atoms with Gasteiger partial charge in [0, 0.05) is 12.6 Å². The molecule has 0 aromatic carbocycles. The molecule has 3 fully saturated rings. The highest BCUT2D eigenvalue weighted by molar-refractivity contribution is 5.10. The standard InChI is InChI=1S/C10H18N2/c1-7(2)10-8-4-5-9(11-6-8)12(10)3/h8-11H,1,4-6H2,2-3H3. The number of likely N-dealkylation sites (N-methyl/N-ethyl adjacent to an activating group) is 1. The molecule has 2 bridgehead atoms. The van der Waals surface area contributed by atoms with E-state index in [4.69, 9.17) is 0 Å². The van der Waals surface area contributed by atoms with Crippen molar-refractivity contribution in [3.05, 3.63) is 12.2 Å². The van der Waals surface area contributed by atoms with E-state index in [1.807, 2.05) is 0 Å². The maximum Gasteiger partial charge on any atom is 0.0599 e. The average molecular weight is 166 g/mol. The highest BCUT2D eigenvalue weighted by Gasteiger charge is 2.39. The van der Waals surface area contributed by atoms with Crippen LogP contribution < -0.4 is 5.32 Å². The topological polar surface area (TPSA) is 15.3 Å². The summed E-state index contributed by atoms with van der Waals surface area (Å²) >= 11 is 0. The Labute approximate surface area is 74.6 Å². The summed E-state index contributed by atoms with van der Waals surface area (Å²) in [6, 6.07) is 0.630. The van der Waals surface area contributed by atoms with E-state index in [-0.39, 0.29) is 0 Å². The Kier molecular flexibility index (Phi) is 1.97. The maximum atomic E-state index is 4.08. The quantitative estimate of drug-likeness (QED) is 0.589. The lowest BCUT2D eigenvalue weighted by Gasteiger charge is -2.50. The molecule has 1 N–H and O–H groups in total. The van der Waals surface area contributed by atoms with Crippen LogP contribution in [0.2, 0.25) is 0 Å². The van der Waals surface area contributed by atoms with Gasteiger partial charge >= 0.3 is 0 Å². The molecular weight excluding hydrogens is 148 g/mol. The van der Waals surface area contributed by atoms with E-state index in [0.29, 0.717) is 12.2 Å². The summed E-state index contributed by atoms with van der Waals surface area (Å²) in [7, 11) is 2.21. The van der Waals surface area contributed by atoms with Gasteiger partial charge in [0.15, 0.2) is 0 Å². The Balaban J connectivity index is 2.18. The van der Waals surface area contributed by atoms with E-state index < -0.39 is 0 Å². The molecule has 0 radical (unpaired) electrons. The van der Waals surface area contributed by atoms with Gasteiger partial charge in [-0.15, -0.1) is 0 Å². The van der Waals surface area contributed by atoms with Crippen LogP contribution in [0.3, 0.4) is 0 Å². The first-order valence-electron chi connectivity index (χ1n) is 4.81. The van der Waals surface area contributed by atoms with Crippen LogP contribution in [0.5, 0.6) is 0 Å². The minimum atomic E-state index is 0.608. The maximum absolute atomic E-state index is 4.08. The Morgan fingerprint density at radius 2 is 2.25 bits per heavy atom. The molecule has 12 heavy (non-hydrogen) atoms. The Hall–Kier alpha value is -0.340. The van der Waals surface area contributed by atoms with Crippen molar-refractivity contribution in [3.63, 3.8) is 0 Å². The molecule has 0 aromatic heterocycles. The number of nitrogens with one attached hydrogen (secondary N) is 1. The first kappa shape index (κ1) is 8.27. The van der Waals surface area contributed by atoms with E-state index in [2.05, 4.69) is 30.8 Å². The Morgan fingerprint density at radius 1 is 1.50 bits per heavy atom. The van der Waals surface area contributed by atoms with E-state index in [1.54, 1.807) is 0 Å². The van der Waals surface area contributed by atoms with Crippen molar-refractivity contribution in [3.8, 4) is 0 Å². The van der Waals surface area contributed by atoms with Gasteiger partial charge in [0.05, 0.1) is 6.17 Å². The molecule has 68 valence electrons. The average Bonchev–Trinajstić information content (AvgIpc) is 2.05. The lowest BCUT2D eigenvalue weighted by atomic mass is 9.81. The van der Waals surface area contributed by atoms with Crippen molar-refractivity contribution in [2.75, 3.05) is 13.6 Å². The van der Waals surface area contributed by atoms with Crippen LogP contribution >= 0.6 is 0 Å². The van der Waals surface area contributed by atoms with Crippen LogP contribution in [-0.2, 0) is 0 Å². The third-order valence-corrected chi connectivity index (χ3v) is 3.31. The SMILES string of the molecule is C=C(C)C1C2CCC(NC2)N1C. The number of piperidine rings is 2. The molecule has 3 aliphatic rings. The first-order chi connectivity index (χ1) is 5.70. The molecule has 0 spiro atoms. The summed E-state index contributed by atoms with van der Waals surface area (Å²) in [5.74, 6) is 0.803. The second-order valence-electron chi connectivity index (χ2n) is 4.22. The van der Waals surface area contributed by atoms with Crippen molar-refractivity contribution >= 4 is 0 Å². The zero-order valence-corrected chi connectivity index (χ0v) is 8.01. The van der Waals surface area contributed by atoms with Crippen LogP contribution in [0, 0.1) is 5.92 Å². The monoisotopic (exact) mass is 166 g/mol. The van der Waals surface area contributed by atoms with Gasteiger partial charge in [-0.3, -0.25) is 4.90 Å². The number of fused-ring (bicyclic) bond motifs is 3. The van der Waals surface area contributed by atoms with Gasteiger partial charge in [-0.2, -0.15) is 0 Å². The van der Waals surface area contributed by atoms with E-state index in [1.165, 1.54) is 25.0 Å². The second-order valence-corrected chi connectivity index (χ2v) is 4.22. The van der Waals surface area contributed by atoms with E-state index >= 15 is 0 Å². The van der Waals surface area contributed by atoms with E-state index in [0.717, 1.165) is 5.92 Å². The lowest BCUT2D eigenvalue weighted by Crippen LogP contribution is -2.63. The number of hydrogen-bond acceptors (Lipinski definition) is 2. The Morgan fingerprint density at radius 3 is 2.58 bits per heavy atom. The summed E-state index contributed by atoms with van der Waals surface area (Å²) in [6.45, 7) is 7.42. The molecule has 0 saturated carbocycles. The molecule has 3 aliphatic heterocycles. The van der Waals surface area contributed by atoms with E-state index in [9.17, 15) is 0 Å². The molecular formula is C10H18N2. The van der Waals surface area contributed by atoms with Crippen molar-refractivity contribution < 1.29 is 0 Å². The third kappa shape index (κ3) is 1.10. The fourth-order valence-corrected chi connectivity index (χ4v) is 2.76. The van der Waals surface area contributed by atoms with Crippen LogP contribution in [0.25, 0.3) is 0 Å². The van der Waals surface area contributed by atoms with Gasteiger partial charge in [0.2, 0.25) is 0 Å². The Bertz CT molecular complexity index is 190. The van der Waals surface area contributed by atoms with Crippen LogP contribution in [0.1, 0.15) is 19.8 Å². The van der Waals surface area contributed by atoms with Gasteiger partial charge in [-0.05, 0) is 32.7 Å².